The average Bonchev–Trinajstić information content (AvgIpc) is 2.95. The number of rotatable bonds is 2. The van der Waals surface area contributed by atoms with Crippen LogP contribution in [0.2, 0.25) is 5.02 Å². The lowest BCUT2D eigenvalue weighted by Gasteiger charge is -2.15. The summed E-state index contributed by atoms with van der Waals surface area (Å²) in [5, 5.41) is 0.445. The molecule has 0 spiro atoms. The molecule has 0 radical (unpaired) electrons. The molecule has 1 atom stereocenters. The molecule has 1 unspecified atom stereocenters. The van der Waals surface area contributed by atoms with Gasteiger partial charge in [-0.2, -0.15) is 0 Å². The van der Waals surface area contributed by atoms with Crippen molar-refractivity contribution in [1.29, 1.82) is 0 Å². The van der Waals surface area contributed by atoms with Gasteiger partial charge in [0.15, 0.2) is 5.65 Å². The van der Waals surface area contributed by atoms with Crippen LogP contribution in [0.15, 0.2) is 18.5 Å². The standard InChI is InChI=1S/C13H14ClN5O2/c1-7(15)9-5-18-4-8(14)3-10(12(18)16-9)19-6-11(20)17(2)13(19)21/h3-5,7H,6,15H2,1-2H3. The minimum absolute atomic E-state index is 0.0221. The molecule has 1 fully saturated rings. The Balaban J connectivity index is 2.18. The predicted octanol–water partition coefficient (Wildman–Crippen LogP) is 1.41. The number of nitrogens with zero attached hydrogens (tertiary/aromatic N) is 4. The number of carbonyl (C=O) groups is 2. The maximum absolute atomic E-state index is 12.1. The van der Waals surface area contributed by atoms with Crippen molar-refractivity contribution in [1.82, 2.24) is 14.3 Å². The van der Waals surface area contributed by atoms with Crippen molar-refractivity contribution in [3.05, 3.63) is 29.2 Å². The van der Waals surface area contributed by atoms with Crippen LogP contribution in [0.3, 0.4) is 0 Å². The van der Waals surface area contributed by atoms with Crippen molar-refractivity contribution < 1.29 is 9.59 Å². The summed E-state index contributed by atoms with van der Waals surface area (Å²) in [7, 11) is 1.45. The number of amides is 3. The summed E-state index contributed by atoms with van der Waals surface area (Å²) >= 11 is 6.10. The van der Waals surface area contributed by atoms with Crippen LogP contribution in [0.5, 0.6) is 0 Å². The Morgan fingerprint density at radius 1 is 1.38 bits per heavy atom. The van der Waals surface area contributed by atoms with Gasteiger partial charge in [0.2, 0.25) is 5.91 Å². The Kier molecular flexibility index (Phi) is 3.11. The molecule has 1 aliphatic heterocycles. The number of pyridine rings is 1. The molecule has 8 heteroatoms. The molecule has 2 aromatic heterocycles. The molecule has 0 saturated carbocycles. The van der Waals surface area contributed by atoms with Gasteiger partial charge in [-0.25, -0.2) is 9.78 Å². The highest BCUT2D eigenvalue weighted by Crippen LogP contribution is 2.29. The molecule has 0 aromatic carbocycles. The van der Waals surface area contributed by atoms with Crippen molar-refractivity contribution in [3.8, 4) is 0 Å². The fourth-order valence-corrected chi connectivity index (χ4v) is 2.48. The number of urea groups is 1. The minimum Gasteiger partial charge on any atom is -0.323 e. The zero-order chi connectivity index (χ0) is 15.3. The van der Waals surface area contributed by atoms with Crippen LogP contribution in [-0.4, -0.2) is 39.8 Å². The van der Waals surface area contributed by atoms with E-state index >= 15 is 0 Å². The van der Waals surface area contributed by atoms with E-state index in [1.807, 2.05) is 6.92 Å². The first-order chi connectivity index (χ1) is 9.88. The molecular formula is C13H14ClN5O2. The number of hydrogen-bond donors (Lipinski definition) is 1. The SMILES string of the molecule is CC(N)c1cn2cc(Cl)cc(N3CC(=O)N(C)C3=O)c2n1. The van der Waals surface area contributed by atoms with Crippen molar-refractivity contribution in [2.24, 2.45) is 5.73 Å². The zero-order valence-electron chi connectivity index (χ0n) is 11.6. The molecule has 0 bridgehead atoms. The van der Waals surface area contributed by atoms with Crippen LogP contribution in [-0.2, 0) is 4.79 Å². The Bertz CT molecular complexity index is 754. The lowest BCUT2D eigenvalue weighted by molar-refractivity contribution is -0.123. The van der Waals surface area contributed by atoms with Gasteiger partial charge >= 0.3 is 6.03 Å². The molecule has 2 N–H and O–H groups in total. The Morgan fingerprint density at radius 2 is 2.10 bits per heavy atom. The van der Waals surface area contributed by atoms with Crippen molar-refractivity contribution >= 4 is 34.9 Å². The maximum Gasteiger partial charge on any atom is 0.331 e. The summed E-state index contributed by atoms with van der Waals surface area (Å²) in [5.74, 6) is -0.267. The first-order valence-corrected chi connectivity index (χ1v) is 6.78. The number of nitrogens with two attached hydrogens (primary N) is 1. The van der Waals surface area contributed by atoms with Crippen molar-refractivity contribution in [2.45, 2.75) is 13.0 Å². The number of hydrogen-bond acceptors (Lipinski definition) is 4. The number of likely N-dealkylation sites (N-methyl/N-ethyl adjacent to an activating group) is 1. The van der Waals surface area contributed by atoms with E-state index in [-0.39, 0.29) is 18.5 Å². The molecule has 7 nitrogen and oxygen atoms in total. The average molecular weight is 308 g/mol. The summed E-state index contributed by atoms with van der Waals surface area (Å²) < 4.78 is 1.71. The van der Waals surface area contributed by atoms with E-state index in [0.29, 0.717) is 22.1 Å². The number of fused-ring (bicyclic) bond motifs is 1. The van der Waals surface area contributed by atoms with E-state index in [4.69, 9.17) is 17.3 Å². The van der Waals surface area contributed by atoms with Gasteiger partial charge in [0.25, 0.3) is 0 Å². The Morgan fingerprint density at radius 3 is 2.67 bits per heavy atom. The number of halogens is 1. The minimum atomic E-state index is -0.394. The van der Waals surface area contributed by atoms with E-state index in [0.717, 1.165) is 4.90 Å². The predicted molar refractivity (Wildman–Crippen MR) is 78.3 cm³/mol. The third-order valence-corrected chi connectivity index (χ3v) is 3.67. The topological polar surface area (TPSA) is 83.9 Å². The molecule has 1 saturated heterocycles. The molecule has 0 aliphatic carbocycles. The number of anilines is 1. The quantitative estimate of drug-likeness (QED) is 0.850. The molecule has 1 aliphatic rings. The van der Waals surface area contributed by atoms with Crippen LogP contribution < -0.4 is 10.6 Å². The Hall–Kier alpha value is -2.12. The normalized spacial score (nSPS) is 17.1. The van der Waals surface area contributed by atoms with Gasteiger partial charge < -0.3 is 10.1 Å². The van der Waals surface area contributed by atoms with Gasteiger partial charge in [-0.15, -0.1) is 0 Å². The molecule has 110 valence electrons. The maximum atomic E-state index is 12.1. The second-order valence-corrected chi connectivity index (χ2v) is 5.49. The summed E-state index contributed by atoms with van der Waals surface area (Å²) in [6.45, 7) is 1.80. The molecule has 21 heavy (non-hydrogen) atoms. The van der Waals surface area contributed by atoms with E-state index in [2.05, 4.69) is 4.98 Å². The molecule has 3 heterocycles. The zero-order valence-corrected chi connectivity index (χ0v) is 12.3. The lowest BCUT2D eigenvalue weighted by atomic mass is 10.3. The van der Waals surface area contributed by atoms with Crippen LogP contribution in [0.1, 0.15) is 18.7 Å². The number of imide groups is 1. The van der Waals surface area contributed by atoms with Gasteiger partial charge in [0, 0.05) is 25.5 Å². The summed E-state index contributed by atoms with van der Waals surface area (Å²) in [6.07, 6.45) is 3.45. The van der Waals surface area contributed by atoms with E-state index in [1.165, 1.54) is 11.9 Å². The second-order valence-electron chi connectivity index (χ2n) is 5.05. The third-order valence-electron chi connectivity index (χ3n) is 3.46. The van der Waals surface area contributed by atoms with Crippen LogP contribution in [0, 0.1) is 0 Å². The third kappa shape index (κ3) is 2.14. The smallest absolute Gasteiger partial charge is 0.323 e. The molecular weight excluding hydrogens is 294 g/mol. The van der Waals surface area contributed by atoms with Gasteiger partial charge in [-0.05, 0) is 13.0 Å². The summed E-state index contributed by atoms with van der Waals surface area (Å²) in [6, 6.07) is 0.990. The second kappa shape index (κ2) is 4.71. The summed E-state index contributed by atoms with van der Waals surface area (Å²) in [4.78, 5) is 30.7. The highest BCUT2D eigenvalue weighted by atomic mass is 35.5. The van der Waals surface area contributed by atoms with Gasteiger partial charge in [0.05, 0.1) is 16.4 Å². The van der Waals surface area contributed by atoms with E-state index < -0.39 is 6.03 Å². The van der Waals surface area contributed by atoms with Gasteiger partial charge in [0.1, 0.15) is 6.54 Å². The van der Waals surface area contributed by atoms with Crippen LogP contribution >= 0.6 is 11.6 Å². The Labute approximate surface area is 125 Å². The molecule has 3 amide bonds. The highest BCUT2D eigenvalue weighted by Gasteiger charge is 2.35. The van der Waals surface area contributed by atoms with E-state index in [9.17, 15) is 9.59 Å². The fraction of sp³-hybridized carbons (Fsp3) is 0.308. The fourth-order valence-electron chi connectivity index (χ4n) is 2.27. The molecule has 3 rings (SSSR count). The van der Waals surface area contributed by atoms with Crippen molar-refractivity contribution in [3.63, 3.8) is 0 Å². The molecule has 2 aromatic rings. The number of imidazole rings is 1. The van der Waals surface area contributed by atoms with Crippen LogP contribution in [0.4, 0.5) is 10.5 Å². The lowest BCUT2D eigenvalue weighted by Crippen LogP contribution is -2.30. The first-order valence-electron chi connectivity index (χ1n) is 6.40. The number of carbonyl (C=O) groups excluding carboxylic acids is 2. The van der Waals surface area contributed by atoms with Gasteiger partial charge in [-0.3, -0.25) is 14.6 Å². The van der Waals surface area contributed by atoms with Crippen LogP contribution in [0.25, 0.3) is 5.65 Å². The van der Waals surface area contributed by atoms with E-state index in [1.54, 1.807) is 22.9 Å². The first kappa shape index (κ1) is 13.8. The largest absolute Gasteiger partial charge is 0.331 e. The summed E-state index contributed by atoms with van der Waals surface area (Å²) in [5.41, 5.74) is 7.57. The van der Waals surface area contributed by atoms with Gasteiger partial charge in [-0.1, -0.05) is 11.6 Å². The van der Waals surface area contributed by atoms with Crippen molar-refractivity contribution in [2.75, 3.05) is 18.5 Å². The highest BCUT2D eigenvalue weighted by molar-refractivity contribution is 6.31. The monoisotopic (exact) mass is 307 g/mol. The number of aromatic nitrogens is 2.